The summed E-state index contributed by atoms with van der Waals surface area (Å²) < 4.78 is 7.70. The Hall–Kier alpha value is -2.73. The first-order chi connectivity index (χ1) is 15.3. The van der Waals surface area contributed by atoms with Crippen LogP contribution in [0.3, 0.4) is 0 Å². The fraction of sp³-hybridized carbons (Fsp3) is 0.440. The van der Waals surface area contributed by atoms with Crippen molar-refractivity contribution in [2.45, 2.75) is 58.2 Å². The van der Waals surface area contributed by atoms with Gasteiger partial charge in [-0.1, -0.05) is 35.9 Å². The van der Waals surface area contributed by atoms with Crippen molar-refractivity contribution in [3.05, 3.63) is 59.1 Å². The molecule has 0 aliphatic carbocycles. The third-order valence-corrected chi connectivity index (χ3v) is 5.91. The Balaban J connectivity index is 1.61. The summed E-state index contributed by atoms with van der Waals surface area (Å²) in [6, 6.07) is 16.3. The average Bonchev–Trinajstić information content (AvgIpc) is 3.11. The van der Waals surface area contributed by atoms with Crippen LogP contribution in [0.15, 0.2) is 48.5 Å². The van der Waals surface area contributed by atoms with E-state index in [-0.39, 0.29) is 12.1 Å². The van der Waals surface area contributed by atoms with E-state index in [4.69, 9.17) is 21.3 Å². The third-order valence-electron chi connectivity index (χ3n) is 5.65. The summed E-state index contributed by atoms with van der Waals surface area (Å²) >= 11 is 6.09. The molecular formula is C25H31ClN4O2. The van der Waals surface area contributed by atoms with Gasteiger partial charge < -0.3 is 19.5 Å². The van der Waals surface area contributed by atoms with Gasteiger partial charge in [-0.3, -0.25) is 0 Å². The van der Waals surface area contributed by atoms with Crippen LogP contribution in [0.5, 0.6) is 0 Å². The molecule has 1 aliphatic rings. The third kappa shape index (κ3) is 5.36. The molecule has 0 spiro atoms. The molecule has 1 saturated heterocycles. The Kier molecular flexibility index (Phi) is 6.60. The SMILES string of the molecule is CC(C)(C)OC(=O)NC[C@@H]1CCCCN1c1nc2ccccc2n1Cc1ccc(Cl)cc1. The molecule has 1 fully saturated rings. The number of benzene rings is 2. The van der Waals surface area contributed by atoms with Crippen molar-refractivity contribution >= 4 is 34.7 Å². The Morgan fingerprint density at radius 1 is 1.16 bits per heavy atom. The number of nitrogens with one attached hydrogen (secondary N) is 1. The van der Waals surface area contributed by atoms with E-state index < -0.39 is 5.60 Å². The van der Waals surface area contributed by atoms with Gasteiger partial charge in [-0.2, -0.15) is 0 Å². The maximum atomic E-state index is 12.2. The number of anilines is 1. The number of para-hydroxylation sites is 2. The molecule has 6 nitrogen and oxygen atoms in total. The van der Waals surface area contributed by atoms with Crippen molar-refractivity contribution in [3.63, 3.8) is 0 Å². The lowest BCUT2D eigenvalue weighted by Gasteiger charge is -2.37. The second kappa shape index (κ2) is 9.41. The van der Waals surface area contributed by atoms with Crippen LogP contribution in [-0.4, -0.2) is 40.4 Å². The number of amides is 1. The molecule has 1 N–H and O–H groups in total. The highest BCUT2D eigenvalue weighted by Crippen LogP contribution is 2.29. The van der Waals surface area contributed by atoms with E-state index in [0.29, 0.717) is 13.1 Å². The van der Waals surface area contributed by atoms with Gasteiger partial charge in [-0.05, 0) is 69.9 Å². The van der Waals surface area contributed by atoms with Crippen LogP contribution in [0.4, 0.5) is 10.7 Å². The Labute approximate surface area is 194 Å². The van der Waals surface area contributed by atoms with Crippen molar-refractivity contribution in [1.29, 1.82) is 0 Å². The Morgan fingerprint density at radius 3 is 2.66 bits per heavy atom. The maximum Gasteiger partial charge on any atom is 0.407 e. The van der Waals surface area contributed by atoms with Crippen LogP contribution in [0.1, 0.15) is 45.6 Å². The quantitative estimate of drug-likeness (QED) is 0.543. The van der Waals surface area contributed by atoms with Gasteiger partial charge in [0, 0.05) is 24.2 Å². The van der Waals surface area contributed by atoms with Crippen molar-refractivity contribution in [2.75, 3.05) is 18.0 Å². The number of carbonyl (C=O) groups excluding carboxylic acids is 1. The summed E-state index contributed by atoms with van der Waals surface area (Å²) in [6.45, 7) is 7.76. The van der Waals surface area contributed by atoms with Crippen LogP contribution >= 0.6 is 11.6 Å². The number of aromatic nitrogens is 2. The molecule has 3 aromatic rings. The predicted octanol–water partition coefficient (Wildman–Crippen LogP) is 5.62. The van der Waals surface area contributed by atoms with Gasteiger partial charge >= 0.3 is 6.09 Å². The van der Waals surface area contributed by atoms with Crippen LogP contribution < -0.4 is 10.2 Å². The highest BCUT2D eigenvalue weighted by molar-refractivity contribution is 6.30. The lowest BCUT2D eigenvalue weighted by molar-refractivity contribution is 0.0522. The summed E-state index contributed by atoms with van der Waals surface area (Å²) in [7, 11) is 0. The van der Waals surface area contributed by atoms with E-state index in [1.54, 1.807) is 0 Å². The van der Waals surface area contributed by atoms with Gasteiger partial charge in [-0.15, -0.1) is 0 Å². The molecule has 1 amide bonds. The fourth-order valence-electron chi connectivity index (χ4n) is 4.20. The summed E-state index contributed by atoms with van der Waals surface area (Å²) in [4.78, 5) is 19.6. The molecule has 1 aromatic heterocycles. The molecule has 1 aliphatic heterocycles. The zero-order valence-electron chi connectivity index (χ0n) is 19.0. The van der Waals surface area contributed by atoms with E-state index in [9.17, 15) is 4.79 Å². The molecule has 7 heteroatoms. The summed E-state index contributed by atoms with van der Waals surface area (Å²) in [5.41, 5.74) is 2.73. The zero-order chi connectivity index (χ0) is 22.7. The lowest BCUT2D eigenvalue weighted by Crippen LogP contribution is -2.48. The number of hydrogen-bond donors (Lipinski definition) is 1. The summed E-state index contributed by atoms with van der Waals surface area (Å²) in [6.07, 6.45) is 2.86. The molecule has 1 atom stereocenters. The second-order valence-corrected chi connectivity index (χ2v) is 9.78. The minimum absolute atomic E-state index is 0.164. The molecule has 4 rings (SSSR count). The standard InChI is InChI=1S/C25H31ClN4O2/c1-25(2,3)32-24(31)27-16-20-8-6-7-15-29(20)23-28-21-9-4-5-10-22(21)30(23)17-18-11-13-19(26)14-12-18/h4-5,9-14,20H,6-8,15-17H2,1-3H3,(H,27,31)/t20-/m0/s1. The number of piperidine rings is 1. The van der Waals surface area contributed by atoms with Gasteiger partial charge in [0.2, 0.25) is 5.95 Å². The maximum absolute atomic E-state index is 12.2. The van der Waals surface area contributed by atoms with Crippen LogP contribution in [0.2, 0.25) is 5.02 Å². The van der Waals surface area contributed by atoms with E-state index in [0.717, 1.165) is 47.8 Å². The number of alkyl carbamates (subject to hydrolysis) is 1. The first kappa shape index (κ1) is 22.5. The number of halogens is 1. The average molecular weight is 455 g/mol. The Bertz CT molecular complexity index is 1070. The van der Waals surface area contributed by atoms with Crippen LogP contribution in [-0.2, 0) is 11.3 Å². The number of hydrogen-bond acceptors (Lipinski definition) is 4. The summed E-state index contributed by atoms with van der Waals surface area (Å²) in [5.74, 6) is 0.942. The van der Waals surface area contributed by atoms with Gasteiger partial charge in [0.1, 0.15) is 5.60 Å². The monoisotopic (exact) mass is 454 g/mol. The van der Waals surface area contributed by atoms with Crippen molar-refractivity contribution in [1.82, 2.24) is 14.9 Å². The largest absolute Gasteiger partial charge is 0.444 e. The molecule has 0 bridgehead atoms. The Morgan fingerprint density at radius 2 is 1.91 bits per heavy atom. The smallest absolute Gasteiger partial charge is 0.407 e. The number of rotatable bonds is 5. The van der Waals surface area contributed by atoms with Crippen LogP contribution in [0, 0.1) is 0 Å². The second-order valence-electron chi connectivity index (χ2n) is 9.34. The van der Waals surface area contributed by atoms with Crippen molar-refractivity contribution in [3.8, 4) is 0 Å². The molecule has 0 saturated carbocycles. The molecule has 0 unspecified atom stereocenters. The number of fused-ring (bicyclic) bond motifs is 1. The normalized spacial score (nSPS) is 16.9. The van der Waals surface area contributed by atoms with Crippen LogP contribution in [0.25, 0.3) is 11.0 Å². The van der Waals surface area contributed by atoms with E-state index >= 15 is 0 Å². The molecule has 2 heterocycles. The minimum Gasteiger partial charge on any atom is -0.444 e. The van der Waals surface area contributed by atoms with E-state index in [2.05, 4.69) is 39.0 Å². The summed E-state index contributed by atoms with van der Waals surface area (Å²) in [5, 5.41) is 3.69. The zero-order valence-corrected chi connectivity index (χ0v) is 19.7. The fourth-order valence-corrected chi connectivity index (χ4v) is 4.33. The highest BCUT2D eigenvalue weighted by Gasteiger charge is 2.28. The highest BCUT2D eigenvalue weighted by atomic mass is 35.5. The molecular weight excluding hydrogens is 424 g/mol. The molecule has 0 radical (unpaired) electrons. The van der Waals surface area contributed by atoms with E-state index in [1.165, 1.54) is 5.56 Å². The van der Waals surface area contributed by atoms with Gasteiger partial charge in [-0.25, -0.2) is 9.78 Å². The molecule has 32 heavy (non-hydrogen) atoms. The van der Waals surface area contributed by atoms with Gasteiger partial charge in [0.25, 0.3) is 0 Å². The van der Waals surface area contributed by atoms with E-state index in [1.807, 2.05) is 45.0 Å². The number of nitrogens with zero attached hydrogens (tertiary/aromatic N) is 3. The number of imidazole rings is 1. The molecule has 170 valence electrons. The topological polar surface area (TPSA) is 59.4 Å². The minimum atomic E-state index is -0.511. The van der Waals surface area contributed by atoms with Gasteiger partial charge in [0.15, 0.2) is 0 Å². The van der Waals surface area contributed by atoms with Crippen molar-refractivity contribution in [2.24, 2.45) is 0 Å². The number of ether oxygens (including phenoxy) is 1. The lowest BCUT2D eigenvalue weighted by atomic mass is 10.0. The van der Waals surface area contributed by atoms with Gasteiger partial charge in [0.05, 0.1) is 17.6 Å². The first-order valence-corrected chi connectivity index (χ1v) is 11.6. The number of carbonyl (C=O) groups is 1. The molecule has 2 aromatic carbocycles. The predicted molar refractivity (Wildman–Crippen MR) is 130 cm³/mol. The van der Waals surface area contributed by atoms with Crippen molar-refractivity contribution < 1.29 is 9.53 Å². The first-order valence-electron chi connectivity index (χ1n) is 11.2.